The second kappa shape index (κ2) is 35.2. The normalized spacial score (nSPS) is 12.0. The highest BCUT2D eigenvalue weighted by Gasteiger charge is 2.45. The van der Waals surface area contributed by atoms with Gasteiger partial charge in [-0.05, 0) is 119 Å². The fourth-order valence-corrected chi connectivity index (χ4v) is 13.2. The molecule has 32 heteroatoms. The van der Waals surface area contributed by atoms with Gasteiger partial charge in [0.15, 0.2) is 43.0 Å². The number of carbonyl (C=O) groups excluding carboxylic acids is 2. The van der Waals surface area contributed by atoms with Gasteiger partial charge in [0.05, 0.1) is 35.8 Å². The monoisotopic (exact) mass is 1680 g/mol. The van der Waals surface area contributed by atoms with E-state index in [1.807, 2.05) is 120 Å². The molecule has 102 heavy (non-hydrogen) atoms. The Hall–Kier alpha value is -8.40. The predicted octanol–water partition coefficient (Wildman–Crippen LogP) is 22.2. The molecule has 1 aliphatic heterocycles. The lowest BCUT2D eigenvalue weighted by Gasteiger charge is -2.19. The molecular formula is C70H56Br3F12N9O4S3Si. The van der Waals surface area contributed by atoms with E-state index in [0.717, 1.165) is 82.1 Å². The first-order chi connectivity index (χ1) is 48.2. The van der Waals surface area contributed by atoms with Gasteiger partial charge in [-0.1, -0.05) is 158 Å². The fourth-order valence-electron chi connectivity index (χ4n) is 8.80. The van der Waals surface area contributed by atoms with Crippen LogP contribution in [0.4, 0.5) is 64.2 Å². The Bertz CT molecular complexity index is 4840. The first-order valence-corrected chi connectivity index (χ1v) is 38.4. The zero-order chi connectivity index (χ0) is 74.2. The van der Waals surface area contributed by atoms with E-state index in [4.69, 9.17) is 15.0 Å². The first kappa shape index (κ1) is 79.3. The lowest BCUT2D eigenvalue weighted by molar-refractivity contribution is -0.141. The molecule has 0 saturated carbocycles. The van der Waals surface area contributed by atoms with Crippen molar-refractivity contribution in [3.8, 4) is 5.75 Å². The van der Waals surface area contributed by atoms with Crippen LogP contribution in [0.2, 0.25) is 19.6 Å². The number of amidine groups is 1. The molecule has 3 N–H and O–H groups in total. The van der Waals surface area contributed by atoms with Crippen LogP contribution in [0.1, 0.15) is 60.1 Å². The average molecular weight is 1680 g/mol. The number of nitrogen functional groups attached to an aromatic ring is 1. The molecule has 0 aliphatic carbocycles. The van der Waals surface area contributed by atoms with Gasteiger partial charge in [0.1, 0.15) is 17.0 Å². The highest BCUT2D eigenvalue weighted by molar-refractivity contribution is 9.11. The Kier molecular flexibility index (Phi) is 27.4. The summed E-state index contributed by atoms with van der Waals surface area (Å²) < 4.78 is 166. The lowest BCUT2D eigenvalue weighted by Crippen LogP contribution is -2.40. The summed E-state index contributed by atoms with van der Waals surface area (Å²) in [5, 5.41) is 10.6. The number of nitrogens with two attached hydrogens (primary N) is 1. The number of carbonyl (C=O) groups is 2. The Morgan fingerprint density at radius 1 is 0.667 bits per heavy atom. The molecule has 0 fully saturated rings. The number of hydrogen-bond donors (Lipinski definition) is 2. The van der Waals surface area contributed by atoms with Crippen LogP contribution in [-0.2, 0) is 36.9 Å². The molecule has 13 nitrogen and oxygen atoms in total. The van der Waals surface area contributed by atoms with Crippen LogP contribution in [-0.4, -0.2) is 74.3 Å². The number of methoxy groups -OCH3 is 1. The summed E-state index contributed by atoms with van der Waals surface area (Å²) in [5.41, 5.74) is 11.9. The van der Waals surface area contributed by atoms with Gasteiger partial charge in [-0.25, -0.2) is 0 Å². The summed E-state index contributed by atoms with van der Waals surface area (Å²) in [4.78, 5) is 36.5. The molecule has 0 bridgehead atoms. The number of nitrogens with zero attached hydrogens (tertiary/aromatic N) is 7. The molecule has 0 spiro atoms. The molecule has 0 unspecified atom stereocenters. The summed E-state index contributed by atoms with van der Waals surface area (Å²) in [5.74, 6) is -2.49. The number of aromatic nitrogens is 6. The van der Waals surface area contributed by atoms with E-state index in [-0.39, 0.29) is 21.9 Å². The molecule has 0 saturated heterocycles. The summed E-state index contributed by atoms with van der Waals surface area (Å²) in [6, 6.07) is 53.9. The number of ketones is 1. The first-order valence-electron chi connectivity index (χ1n) is 29.8. The lowest BCUT2D eigenvalue weighted by atomic mass is 10.1. The summed E-state index contributed by atoms with van der Waals surface area (Å²) in [7, 11) is -1.20. The van der Waals surface area contributed by atoms with Crippen LogP contribution < -0.4 is 15.8 Å². The Morgan fingerprint density at radius 3 is 1.83 bits per heavy atom. The van der Waals surface area contributed by atoms with Gasteiger partial charge in [-0.15, -0.1) is 23.5 Å². The van der Waals surface area contributed by atoms with Crippen molar-refractivity contribution >= 4 is 152 Å². The number of Topliss-reactive ketones (excluding diaryl/α,β-unsaturated/α-hetero) is 1. The predicted molar refractivity (Wildman–Crippen MR) is 389 cm³/mol. The maximum absolute atomic E-state index is 12.8. The van der Waals surface area contributed by atoms with E-state index >= 15 is 0 Å². The van der Waals surface area contributed by atoms with E-state index in [0.29, 0.717) is 50.3 Å². The number of alkyl halides is 12. The summed E-state index contributed by atoms with van der Waals surface area (Å²) in [6.45, 7) is 5.03. The number of aliphatic imine (C=N–C) groups is 1. The second-order valence-corrected chi connectivity index (χ2v) is 33.2. The van der Waals surface area contributed by atoms with E-state index in [1.165, 1.54) is 79.4 Å². The Labute approximate surface area is 614 Å². The Morgan fingerprint density at radius 2 is 1.24 bits per heavy atom. The molecule has 7 aromatic carbocycles. The quantitative estimate of drug-likeness (QED) is 0.0389. The largest absolute Gasteiger partial charge is 0.497 e. The smallest absolute Gasteiger partial charge is 0.454 e. The minimum Gasteiger partial charge on any atom is -0.497 e. The molecule has 13 rings (SSSR count). The third-order valence-electron chi connectivity index (χ3n) is 14.1. The van der Waals surface area contributed by atoms with Crippen molar-refractivity contribution in [2.45, 2.75) is 78.4 Å². The number of aldehydes is 1. The van der Waals surface area contributed by atoms with Gasteiger partial charge < -0.3 is 20.3 Å². The molecular weight excluding hydrogens is 1620 g/mol. The van der Waals surface area contributed by atoms with Crippen LogP contribution in [0.5, 0.6) is 5.75 Å². The molecule has 0 amide bonds. The van der Waals surface area contributed by atoms with Crippen molar-refractivity contribution in [2.75, 3.05) is 18.2 Å². The molecule has 0 atom stereocenters. The van der Waals surface area contributed by atoms with Crippen molar-refractivity contribution in [3.05, 3.63) is 258 Å². The van der Waals surface area contributed by atoms with Crippen molar-refractivity contribution in [1.29, 1.82) is 0 Å². The number of ether oxygens (including phenoxy) is 1. The van der Waals surface area contributed by atoms with Crippen LogP contribution >= 0.6 is 82.8 Å². The Balaban J connectivity index is 0.000000159. The van der Waals surface area contributed by atoms with E-state index in [1.54, 1.807) is 43.4 Å². The molecule has 532 valence electrons. The van der Waals surface area contributed by atoms with Crippen LogP contribution in [0, 0.1) is 0 Å². The SMILES string of the molecule is COc1ccc(Cn2nc(N)c3ncccc32)cc1.C[Si](C)(C)C(F)(F)F.FC(F)(F)c1noc2cc(NC3=NCc4cccnc43)ccc12.FC(F)(F)c1nsc2cc(Br)ccc12.O=C(c1ccc(Br)cc1SCc1ccccc1)C(F)(F)F.O=Cc1ccc(Br)cc1SCc1ccccc1. The number of fused-ring (bicyclic) bond motifs is 4. The molecule has 0 radical (unpaired) electrons. The third-order valence-corrected chi connectivity index (χ3v) is 20.4. The highest BCUT2D eigenvalue weighted by Crippen LogP contribution is 2.39. The minimum absolute atomic E-state index is 0.0576. The van der Waals surface area contributed by atoms with Gasteiger partial charge in [-0.3, -0.25) is 29.2 Å². The van der Waals surface area contributed by atoms with Gasteiger partial charge in [0.25, 0.3) is 5.78 Å². The van der Waals surface area contributed by atoms with E-state index < -0.39 is 49.6 Å². The van der Waals surface area contributed by atoms with Crippen molar-refractivity contribution in [2.24, 2.45) is 4.99 Å². The van der Waals surface area contributed by atoms with Crippen LogP contribution in [0.3, 0.4) is 0 Å². The van der Waals surface area contributed by atoms with E-state index in [9.17, 15) is 62.3 Å². The van der Waals surface area contributed by atoms with Crippen molar-refractivity contribution in [1.82, 2.24) is 29.3 Å². The second-order valence-electron chi connectivity index (χ2n) is 22.5. The van der Waals surface area contributed by atoms with Crippen molar-refractivity contribution in [3.63, 3.8) is 0 Å². The number of benzene rings is 7. The molecule has 6 heterocycles. The maximum Gasteiger partial charge on any atom is 0.454 e. The van der Waals surface area contributed by atoms with E-state index in [2.05, 4.69) is 94.8 Å². The summed E-state index contributed by atoms with van der Waals surface area (Å²) >= 11 is 13.6. The van der Waals surface area contributed by atoms with Crippen LogP contribution in [0.15, 0.2) is 227 Å². The summed E-state index contributed by atoms with van der Waals surface area (Å²) in [6.07, 6.45) is -9.49. The number of halogens is 15. The highest BCUT2D eigenvalue weighted by atomic mass is 79.9. The number of anilines is 2. The van der Waals surface area contributed by atoms with Crippen LogP contribution in [0.25, 0.3) is 32.1 Å². The number of thioether (sulfide) groups is 2. The third kappa shape index (κ3) is 22.3. The maximum atomic E-state index is 12.8. The van der Waals surface area contributed by atoms with Crippen molar-refractivity contribution < 1.29 is 71.5 Å². The zero-order valence-corrected chi connectivity index (χ0v) is 61.8. The topological polar surface area (TPSA) is 176 Å². The molecule has 12 aromatic rings. The number of hydrogen-bond acceptors (Lipinski definition) is 15. The van der Waals surface area contributed by atoms with Gasteiger partial charge in [-0.2, -0.15) is 62.2 Å². The molecule has 1 aliphatic rings. The zero-order valence-electron chi connectivity index (χ0n) is 53.6. The number of nitrogens with one attached hydrogen (secondary N) is 1. The number of pyridine rings is 2. The van der Waals surface area contributed by atoms with Gasteiger partial charge in [0, 0.05) is 80.9 Å². The molecule has 5 aromatic heterocycles. The standard InChI is InChI=1S/C15H10BrF3OS.C15H9F3N4O.C14H11BrOS.C14H14N4O.C8H3BrF3NS.C4H9F3Si/c16-11-6-7-12(14(20)15(17,18)19)13(8-11)21-9-10-4-2-1-3-5-10;16-15(17,18)13-10-4-3-9(6-11(10)23-22-13)21-14-12-8(7-20-14)2-1-5-19-12;15-13-7-6-12(9-16)14(8-13)17-10-11-4-2-1-3-5-11;1-19-11-6-4-10(5-7-11)9-18-12-3-2-8-16-13(12)14(15)17-18;9-4-1-2-5-6(3-4)14-13-7(5)8(10,11)12;1-8(2,3)4(5,6)7/h1-8H,9H2;1-6H,7H2,(H,20,21);1-9H,10H2;2-8H,9H2,1H3,(H2,15,17);1-3H;1-3H3. The van der Waals surface area contributed by atoms with Gasteiger partial charge in [0.2, 0.25) is 0 Å². The number of rotatable bonds is 12. The van der Waals surface area contributed by atoms with Gasteiger partial charge >= 0.3 is 24.3 Å². The minimum atomic E-state index is -4.87. The average Bonchev–Trinajstić information content (AvgIpc) is 1.62. The fraction of sp³-hybridized carbons (Fsp3) is 0.171.